The fraction of sp³-hybridized carbons (Fsp3) is 0.278. The molecule has 0 spiro atoms. The minimum atomic E-state index is -0.316. The van der Waals surface area contributed by atoms with E-state index in [1.807, 2.05) is 44.4 Å². The molecule has 0 N–H and O–H groups in total. The fourth-order valence-electron chi connectivity index (χ4n) is 2.21. The number of carbonyl (C=O) groups excluding carboxylic acids is 1. The molecule has 0 aliphatic rings. The monoisotopic (exact) mass is 342 g/mol. The molecule has 0 atom stereocenters. The number of aromatic nitrogens is 2. The van der Waals surface area contributed by atoms with Gasteiger partial charge in [-0.05, 0) is 49.9 Å². The summed E-state index contributed by atoms with van der Waals surface area (Å²) in [6.45, 7) is 5.88. The van der Waals surface area contributed by atoms with Crippen LogP contribution < -0.4 is 4.74 Å². The van der Waals surface area contributed by atoms with Crippen LogP contribution in [-0.2, 0) is 11.3 Å². The van der Waals surface area contributed by atoms with Gasteiger partial charge in [0.1, 0.15) is 17.3 Å². The number of hydrogen-bond acceptors (Lipinski definition) is 6. The number of fused-ring (bicyclic) bond motifs is 1. The number of aryl methyl sites for hydroxylation is 1. The van der Waals surface area contributed by atoms with Crippen LogP contribution in [0, 0.1) is 6.92 Å². The van der Waals surface area contributed by atoms with Crippen molar-refractivity contribution in [3.63, 3.8) is 0 Å². The van der Waals surface area contributed by atoms with Crippen LogP contribution in [0.5, 0.6) is 5.88 Å². The van der Waals surface area contributed by atoms with E-state index in [0.29, 0.717) is 23.9 Å². The van der Waals surface area contributed by atoms with Crippen LogP contribution in [0.25, 0.3) is 10.2 Å². The Bertz CT molecular complexity index is 856. The second-order valence-corrected chi connectivity index (χ2v) is 6.55. The summed E-state index contributed by atoms with van der Waals surface area (Å²) in [4.78, 5) is 21.5. The molecule has 3 rings (SSSR count). The molecule has 6 heteroatoms. The maximum atomic E-state index is 11.8. The van der Waals surface area contributed by atoms with Gasteiger partial charge < -0.3 is 9.47 Å². The molecule has 0 fully saturated rings. The molecule has 0 radical (unpaired) electrons. The first kappa shape index (κ1) is 16.4. The van der Waals surface area contributed by atoms with Crippen LogP contribution in [0.4, 0.5) is 0 Å². The molecule has 0 saturated heterocycles. The fourth-order valence-corrected chi connectivity index (χ4v) is 3.01. The highest BCUT2D eigenvalue weighted by atomic mass is 32.1. The highest BCUT2D eigenvalue weighted by Gasteiger charge is 2.10. The minimum absolute atomic E-state index is 0.130. The summed E-state index contributed by atoms with van der Waals surface area (Å²) in [7, 11) is 0. The van der Waals surface area contributed by atoms with Gasteiger partial charge in [-0.1, -0.05) is 12.1 Å². The van der Waals surface area contributed by atoms with E-state index in [4.69, 9.17) is 9.47 Å². The Hall–Kier alpha value is -2.47. The second kappa shape index (κ2) is 6.97. The number of carbonyl (C=O) groups is 1. The van der Waals surface area contributed by atoms with Gasteiger partial charge in [-0.25, -0.2) is 9.78 Å². The molecule has 24 heavy (non-hydrogen) atoms. The Balaban J connectivity index is 1.70. The van der Waals surface area contributed by atoms with Gasteiger partial charge in [-0.2, -0.15) is 4.98 Å². The average Bonchev–Trinajstić information content (AvgIpc) is 3.00. The Morgan fingerprint density at radius 1 is 1.17 bits per heavy atom. The van der Waals surface area contributed by atoms with Crippen LogP contribution in [0.15, 0.2) is 35.7 Å². The number of thiophene rings is 1. The van der Waals surface area contributed by atoms with Crippen LogP contribution in [0.1, 0.15) is 35.6 Å². The third-order valence-corrected chi connectivity index (χ3v) is 4.12. The predicted octanol–water partition coefficient (Wildman–Crippen LogP) is 4.14. The van der Waals surface area contributed by atoms with Crippen molar-refractivity contribution in [3.8, 4) is 5.88 Å². The van der Waals surface area contributed by atoms with Gasteiger partial charge in [-0.15, -0.1) is 11.3 Å². The lowest BCUT2D eigenvalue weighted by molar-refractivity contribution is 0.0378. The highest BCUT2D eigenvalue weighted by Crippen LogP contribution is 2.27. The molecule has 0 aliphatic carbocycles. The number of nitrogens with zero attached hydrogens (tertiary/aromatic N) is 2. The molecule has 2 heterocycles. The maximum absolute atomic E-state index is 11.8. The maximum Gasteiger partial charge on any atom is 0.338 e. The normalized spacial score (nSPS) is 11.0. The topological polar surface area (TPSA) is 61.3 Å². The first-order valence-electron chi connectivity index (χ1n) is 7.67. The number of benzene rings is 1. The summed E-state index contributed by atoms with van der Waals surface area (Å²) >= 11 is 1.56. The first-order chi connectivity index (χ1) is 11.5. The van der Waals surface area contributed by atoms with Crippen LogP contribution in [0.2, 0.25) is 0 Å². The molecule has 1 aromatic carbocycles. The molecule has 124 valence electrons. The Labute approximate surface area is 144 Å². The summed E-state index contributed by atoms with van der Waals surface area (Å²) in [6, 6.07) is 9.16. The zero-order chi connectivity index (χ0) is 17.1. The van der Waals surface area contributed by atoms with Gasteiger partial charge in [0.15, 0.2) is 0 Å². The Kier molecular flexibility index (Phi) is 4.76. The number of rotatable bonds is 5. The van der Waals surface area contributed by atoms with Crippen molar-refractivity contribution in [2.45, 2.75) is 33.5 Å². The number of ether oxygens (including phenoxy) is 2. The van der Waals surface area contributed by atoms with Crippen molar-refractivity contribution in [3.05, 3.63) is 52.7 Å². The van der Waals surface area contributed by atoms with E-state index < -0.39 is 0 Å². The van der Waals surface area contributed by atoms with Crippen molar-refractivity contribution in [2.75, 3.05) is 0 Å². The lowest BCUT2D eigenvalue weighted by Gasteiger charge is -2.09. The summed E-state index contributed by atoms with van der Waals surface area (Å²) in [5, 5.41) is 2.89. The quantitative estimate of drug-likeness (QED) is 0.652. The van der Waals surface area contributed by atoms with Gasteiger partial charge in [0.2, 0.25) is 5.88 Å². The van der Waals surface area contributed by atoms with Crippen LogP contribution >= 0.6 is 11.3 Å². The second-order valence-electron chi connectivity index (χ2n) is 5.66. The van der Waals surface area contributed by atoms with Gasteiger partial charge >= 0.3 is 5.97 Å². The van der Waals surface area contributed by atoms with E-state index in [1.54, 1.807) is 23.5 Å². The molecular formula is C18H18N2O3S. The molecule has 0 bridgehead atoms. The third kappa shape index (κ3) is 3.71. The van der Waals surface area contributed by atoms with Crippen molar-refractivity contribution in [2.24, 2.45) is 0 Å². The van der Waals surface area contributed by atoms with E-state index >= 15 is 0 Å². The molecule has 3 aromatic rings. The number of hydrogen-bond donors (Lipinski definition) is 0. The lowest BCUT2D eigenvalue weighted by atomic mass is 10.1. The highest BCUT2D eigenvalue weighted by molar-refractivity contribution is 7.16. The van der Waals surface area contributed by atoms with Gasteiger partial charge in [0.25, 0.3) is 0 Å². The van der Waals surface area contributed by atoms with E-state index in [1.165, 1.54) is 0 Å². The van der Waals surface area contributed by atoms with E-state index in [0.717, 1.165) is 15.8 Å². The molecule has 0 amide bonds. The zero-order valence-electron chi connectivity index (χ0n) is 13.8. The number of esters is 1. The lowest BCUT2D eigenvalue weighted by Crippen LogP contribution is -2.11. The van der Waals surface area contributed by atoms with Crippen LogP contribution in [0.3, 0.4) is 0 Å². The van der Waals surface area contributed by atoms with Crippen molar-refractivity contribution in [1.82, 2.24) is 9.97 Å². The zero-order valence-corrected chi connectivity index (χ0v) is 14.6. The Morgan fingerprint density at radius 2 is 1.92 bits per heavy atom. The Morgan fingerprint density at radius 3 is 2.62 bits per heavy atom. The van der Waals surface area contributed by atoms with E-state index in [9.17, 15) is 4.79 Å². The van der Waals surface area contributed by atoms with Gasteiger partial charge in [-0.3, -0.25) is 0 Å². The molecule has 2 aromatic heterocycles. The minimum Gasteiger partial charge on any atom is -0.472 e. The third-order valence-electron chi connectivity index (χ3n) is 3.31. The SMILES string of the molecule is Cc1nc(OCc2ccc(C(=O)OC(C)C)cc2)c2ccsc2n1. The van der Waals surface area contributed by atoms with Gasteiger partial charge in [0.05, 0.1) is 17.1 Å². The van der Waals surface area contributed by atoms with Crippen molar-refractivity contribution >= 4 is 27.5 Å². The van der Waals surface area contributed by atoms with E-state index in [-0.39, 0.29) is 12.1 Å². The van der Waals surface area contributed by atoms with E-state index in [2.05, 4.69) is 9.97 Å². The smallest absolute Gasteiger partial charge is 0.338 e. The van der Waals surface area contributed by atoms with Crippen molar-refractivity contribution < 1.29 is 14.3 Å². The molecular weight excluding hydrogens is 324 g/mol. The molecule has 5 nitrogen and oxygen atoms in total. The molecule has 0 saturated carbocycles. The summed E-state index contributed by atoms with van der Waals surface area (Å²) in [5.74, 6) is 0.956. The summed E-state index contributed by atoms with van der Waals surface area (Å²) in [5.41, 5.74) is 1.49. The summed E-state index contributed by atoms with van der Waals surface area (Å²) in [6.07, 6.45) is -0.130. The predicted molar refractivity (Wildman–Crippen MR) is 93.5 cm³/mol. The summed E-state index contributed by atoms with van der Waals surface area (Å²) < 4.78 is 11.0. The average molecular weight is 342 g/mol. The molecule has 0 unspecified atom stereocenters. The standard InChI is InChI=1S/C18H18N2O3S/c1-11(2)23-18(21)14-6-4-13(5-7-14)10-22-16-15-8-9-24-17(15)20-12(3)19-16/h4-9,11H,10H2,1-3H3. The van der Waals surface area contributed by atoms with Gasteiger partial charge in [0, 0.05) is 0 Å². The van der Waals surface area contributed by atoms with Crippen molar-refractivity contribution in [1.29, 1.82) is 0 Å². The van der Waals surface area contributed by atoms with Crippen LogP contribution in [-0.4, -0.2) is 22.0 Å². The first-order valence-corrected chi connectivity index (χ1v) is 8.55. The molecule has 0 aliphatic heterocycles. The largest absolute Gasteiger partial charge is 0.472 e.